The van der Waals surface area contributed by atoms with Crippen molar-refractivity contribution in [2.45, 2.75) is 23.9 Å². The van der Waals surface area contributed by atoms with Crippen LogP contribution in [-0.2, 0) is 25.5 Å². The van der Waals surface area contributed by atoms with Crippen molar-refractivity contribution in [3.8, 4) is 5.75 Å². The fraction of sp³-hybridized carbons (Fsp3) is 0.167. The van der Waals surface area contributed by atoms with Crippen molar-refractivity contribution >= 4 is 46.4 Å². The van der Waals surface area contributed by atoms with Crippen LogP contribution in [0.5, 0.6) is 5.75 Å². The van der Waals surface area contributed by atoms with Crippen molar-refractivity contribution in [3.63, 3.8) is 0 Å². The van der Waals surface area contributed by atoms with Crippen LogP contribution in [0.1, 0.15) is 33.2 Å². The van der Waals surface area contributed by atoms with E-state index < -0.39 is 29.4 Å². The third-order valence-electron chi connectivity index (χ3n) is 7.62. The van der Waals surface area contributed by atoms with Crippen LogP contribution < -0.4 is 10.1 Å². The Hall–Kier alpha value is -4.80. The van der Waals surface area contributed by atoms with Gasteiger partial charge in [0.25, 0.3) is 5.91 Å². The maximum Gasteiger partial charge on any atom is 0.356 e. The molecule has 8 nitrogen and oxygen atoms in total. The van der Waals surface area contributed by atoms with Gasteiger partial charge in [-0.05, 0) is 52.7 Å². The highest BCUT2D eigenvalue weighted by Crippen LogP contribution is 2.45. The predicted octanol–water partition coefficient (Wildman–Crippen LogP) is 5.76. The van der Waals surface area contributed by atoms with E-state index in [0.717, 1.165) is 28.5 Å². The summed E-state index contributed by atoms with van der Waals surface area (Å²) < 4.78 is 11.4. The summed E-state index contributed by atoms with van der Waals surface area (Å²) in [5, 5.41) is 2.03. The molecule has 2 heterocycles. The molecule has 2 aliphatic rings. The molecule has 0 radical (unpaired) electrons. The largest absolute Gasteiger partial charge is 0.497 e. The van der Waals surface area contributed by atoms with Crippen molar-refractivity contribution in [2.24, 2.45) is 0 Å². The summed E-state index contributed by atoms with van der Waals surface area (Å²) in [4.78, 5) is 55.8. The third kappa shape index (κ3) is 6.73. The molecule has 46 heavy (non-hydrogen) atoms. The minimum Gasteiger partial charge on any atom is -0.497 e. The van der Waals surface area contributed by atoms with E-state index in [1.54, 1.807) is 31.4 Å². The van der Waals surface area contributed by atoms with E-state index >= 15 is 0 Å². The summed E-state index contributed by atoms with van der Waals surface area (Å²) in [6.07, 6.45) is -0.628. The summed E-state index contributed by atoms with van der Waals surface area (Å²) in [6.45, 7) is 0. The van der Waals surface area contributed by atoms with E-state index in [9.17, 15) is 19.2 Å². The van der Waals surface area contributed by atoms with Crippen LogP contribution in [0, 0.1) is 0 Å². The molecule has 2 amide bonds. The van der Waals surface area contributed by atoms with E-state index in [-0.39, 0.29) is 28.9 Å². The van der Waals surface area contributed by atoms with Crippen molar-refractivity contribution in [1.82, 2.24) is 10.2 Å². The number of esters is 1. The van der Waals surface area contributed by atoms with Crippen LogP contribution in [0.3, 0.4) is 0 Å². The van der Waals surface area contributed by atoms with Crippen LogP contribution in [0.2, 0.25) is 0 Å². The zero-order valence-electron chi connectivity index (χ0n) is 24.8. The second-order valence-corrected chi connectivity index (χ2v) is 12.8. The van der Waals surface area contributed by atoms with Gasteiger partial charge in [0.2, 0.25) is 11.0 Å². The average Bonchev–Trinajstić information content (AvgIpc) is 3.10. The van der Waals surface area contributed by atoms with Crippen LogP contribution in [0.25, 0.3) is 0 Å². The molecule has 1 saturated heterocycles. The monoisotopic (exact) mass is 650 g/mol. The highest BCUT2D eigenvalue weighted by molar-refractivity contribution is 8.18. The lowest BCUT2D eigenvalue weighted by Crippen LogP contribution is -2.70. The number of thioether (sulfide) groups is 2. The Bertz CT molecular complexity index is 1730. The first-order valence-electron chi connectivity index (χ1n) is 14.6. The van der Waals surface area contributed by atoms with Gasteiger partial charge in [-0.3, -0.25) is 19.3 Å². The number of methoxy groups -OCH3 is 1. The van der Waals surface area contributed by atoms with Crippen LogP contribution in [0.15, 0.2) is 126 Å². The molecule has 1 unspecified atom stereocenters. The van der Waals surface area contributed by atoms with Gasteiger partial charge in [0, 0.05) is 16.2 Å². The normalized spacial score (nSPS) is 17.2. The molecule has 4 aromatic carbocycles. The van der Waals surface area contributed by atoms with Crippen LogP contribution >= 0.6 is 23.5 Å². The predicted molar refractivity (Wildman–Crippen MR) is 178 cm³/mol. The van der Waals surface area contributed by atoms with E-state index in [1.165, 1.54) is 16.7 Å². The summed E-state index contributed by atoms with van der Waals surface area (Å²) in [7, 11) is 1.55. The molecule has 0 bridgehead atoms. The molecule has 6 rings (SSSR count). The third-order valence-corrected chi connectivity index (χ3v) is 10.1. The van der Waals surface area contributed by atoms with E-state index in [1.807, 2.05) is 91.0 Å². The van der Waals surface area contributed by atoms with E-state index in [4.69, 9.17) is 9.47 Å². The average molecular weight is 651 g/mol. The molecule has 1 N–H and O–H groups in total. The van der Waals surface area contributed by atoms with Gasteiger partial charge >= 0.3 is 5.97 Å². The number of fused-ring (bicyclic) bond motifs is 1. The van der Waals surface area contributed by atoms with Gasteiger partial charge in [-0.2, -0.15) is 0 Å². The lowest BCUT2D eigenvalue weighted by atomic mass is 10.0. The number of β-lactam (4-membered cyclic amide) rings is 1. The second-order valence-electron chi connectivity index (χ2n) is 10.6. The van der Waals surface area contributed by atoms with E-state index in [2.05, 4.69) is 5.32 Å². The summed E-state index contributed by atoms with van der Waals surface area (Å²) in [6, 6.07) is 33.8. The van der Waals surface area contributed by atoms with Gasteiger partial charge < -0.3 is 14.8 Å². The molecular weight excluding hydrogens is 621 g/mol. The summed E-state index contributed by atoms with van der Waals surface area (Å²) in [5.41, 5.74) is 2.78. The van der Waals surface area contributed by atoms with Crippen molar-refractivity contribution in [1.29, 1.82) is 0 Å². The van der Waals surface area contributed by atoms with Gasteiger partial charge in [-0.15, -0.1) is 11.8 Å². The molecule has 232 valence electrons. The quantitative estimate of drug-likeness (QED) is 0.171. The number of hydrogen-bond donors (Lipinski definition) is 1. The Morgan fingerprint density at radius 2 is 1.46 bits per heavy atom. The number of carbonyl (C=O) groups excluding carboxylic acids is 4. The number of nitrogens with zero attached hydrogens (tertiary/aromatic N) is 1. The Kier molecular flexibility index (Phi) is 9.56. The van der Waals surface area contributed by atoms with Gasteiger partial charge in [0.05, 0.1) is 13.5 Å². The minimum atomic E-state index is -0.813. The number of benzene rings is 4. The number of amides is 2. The first-order chi connectivity index (χ1) is 22.4. The number of hydrogen-bond acceptors (Lipinski definition) is 8. The van der Waals surface area contributed by atoms with Gasteiger partial charge in [-0.1, -0.05) is 91.0 Å². The van der Waals surface area contributed by atoms with Crippen LogP contribution in [0.4, 0.5) is 0 Å². The van der Waals surface area contributed by atoms with Crippen LogP contribution in [-0.4, -0.2) is 52.1 Å². The Balaban J connectivity index is 1.29. The number of nitrogens with one attached hydrogen (secondary N) is 1. The molecule has 10 heteroatoms. The van der Waals surface area contributed by atoms with Crippen molar-refractivity contribution in [3.05, 3.63) is 148 Å². The minimum absolute atomic E-state index is 0.0195. The van der Waals surface area contributed by atoms with Gasteiger partial charge in [-0.25, -0.2) is 4.79 Å². The van der Waals surface area contributed by atoms with E-state index in [0.29, 0.717) is 16.2 Å². The lowest BCUT2D eigenvalue weighted by Gasteiger charge is -2.49. The molecular formula is C36H30N2O6S2. The maximum atomic E-state index is 14.2. The number of ether oxygens (including phenoxy) is 2. The molecule has 2 atom stereocenters. The molecule has 2 aliphatic heterocycles. The summed E-state index contributed by atoms with van der Waals surface area (Å²) in [5.74, 6) is -0.564. The fourth-order valence-corrected chi connectivity index (χ4v) is 7.70. The molecule has 0 spiro atoms. The number of rotatable bonds is 10. The molecule has 4 aromatic rings. The Morgan fingerprint density at radius 1 is 0.870 bits per heavy atom. The molecule has 0 aromatic heterocycles. The topological polar surface area (TPSA) is 102 Å². The first-order valence-corrected chi connectivity index (χ1v) is 16.5. The lowest BCUT2D eigenvalue weighted by molar-refractivity contribution is -0.154. The highest BCUT2D eigenvalue weighted by Gasteiger charge is 2.55. The summed E-state index contributed by atoms with van der Waals surface area (Å²) >= 11 is 2.29. The standard InChI is InChI=1S/C36H30N2O6S2/c1-43-27-19-17-26(18-20-27)36(42)46-28-22-45-34-30(37-29(39)21-23-11-5-2-6-12-23)33(40)38(34)31(28)35(41)44-32(24-13-7-3-8-14-24)25-15-9-4-10-16-25/h2-20,30,32,34H,21-22H2,1H3,(H,37,39)/t30?,34-/m1/s1. The van der Waals surface area contributed by atoms with Crippen molar-refractivity contribution < 1.29 is 28.7 Å². The second kappa shape index (κ2) is 14.1. The zero-order chi connectivity index (χ0) is 32.0. The molecule has 0 aliphatic carbocycles. The number of carbonyl (C=O) groups is 4. The molecule has 1 fully saturated rings. The SMILES string of the molecule is COc1ccc(C(=O)SC2=C(C(=O)OC(c3ccccc3)c3ccccc3)N3C(=O)C(NC(=O)Cc4ccccc4)[C@H]3SC2)cc1. The first kappa shape index (κ1) is 31.2. The highest BCUT2D eigenvalue weighted by atomic mass is 32.2. The fourth-order valence-electron chi connectivity index (χ4n) is 5.31. The smallest absolute Gasteiger partial charge is 0.356 e. The van der Waals surface area contributed by atoms with Crippen molar-refractivity contribution in [2.75, 3.05) is 12.9 Å². The van der Waals surface area contributed by atoms with Gasteiger partial charge in [0.1, 0.15) is 22.9 Å². The Morgan fingerprint density at radius 3 is 2.04 bits per heavy atom. The zero-order valence-corrected chi connectivity index (χ0v) is 26.5. The Labute approximate surface area is 275 Å². The molecule has 0 saturated carbocycles. The van der Waals surface area contributed by atoms with Gasteiger partial charge in [0.15, 0.2) is 6.10 Å². The maximum absolute atomic E-state index is 14.2.